The lowest BCUT2D eigenvalue weighted by Crippen LogP contribution is -2.37. The highest BCUT2D eigenvalue weighted by molar-refractivity contribution is 5.30. The summed E-state index contributed by atoms with van der Waals surface area (Å²) >= 11 is 0. The van der Waals surface area contributed by atoms with Crippen molar-refractivity contribution in [1.82, 2.24) is 10.2 Å². The van der Waals surface area contributed by atoms with Crippen molar-refractivity contribution in [2.75, 3.05) is 26.2 Å². The Bertz CT molecular complexity index is 487. The van der Waals surface area contributed by atoms with Crippen LogP contribution in [0.25, 0.3) is 0 Å². The smallest absolute Gasteiger partial charge is 0.390 e. The third kappa shape index (κ3) is 4.93. The lowest BCUT2D eigenvalue weighted by Gasteiger charge is -2.20. The largest absolute Gasteiger partial charge is 0.416 e. The van der Waals surface area contributed by atoms with E-state index >= 15 is 0 Å². The lowest BCUT2D eigenvalue weighted by molar-refractivity contribution is -0.138. The Morgan fingerprint density at radius 1 is 1.23 bits per heavy atom. The molecule has 124 valence electrons. The number of aliphatic hydroxyl groups is 1. The Labute approximate surface area is 126 Å². The molecule has 1 heterocycles. The number of alkyl halides is 3. The van der Waals surface area contributed by atoms with Gasteiger partial charge in [-0.1, -0.05) is 6.07 Å². The summed E-state index contributed by atoms with van der Waals surface area (Å²) in [5.41, 5.74) is -1.00. The molecule has 1 atom stereocenters. The summed E-state index contributed by atoms with van der Waals surface area (Å²) in [6.07, 6.45) is -2.99. The van der Waals surface area contributed by atoms with E-state index < -0.39 is 23.7 Å². The standard InChI is InChI=1S/C15H20F4N2O/c16-12-4-3-11(14(7-12)15(17,18)19)8-20-9-13(22)10-21-5-1-2-6-21/h3-4,7,13,20,22H,1-2,5-6,8-10H2. The van der Waals surface area contributed by atoms with E-state index in [0.717, 1.165) is 38.1 Å². The van der Waals surface area contributed by atoms with Gasteiger partial charge < -0.3 is 15.3 Å². The van der Waals surface area contributed by atoms with Crippen LogP contribution >= 0.6 is 0 Å². The van der Waals surface area contributed by atoms with E-state index in [1.165, 1.54) is 0 Å². The van der Waals surface area contributed by atoms with Gasteiger partial charge in [-0.3, -0.25) is 0 Å². The van der Waals surface area contributed by atoms with Crippen molar-refractivity contribution in [2.24, 2.45) is 0 Å². The second-order valence-electron chi connectivity index (χ2n) is 5.59. The molecule has 1 fully saturated rings. The fourth-order valence-corrected chi connectivity index (χ4v) is 2.67. The molecule has 1 saturated heterocycles. The highest BCUT2D eigenvalue weighted by Gasteiger charge is 2.33. The van der Waals surface area contributed by atoms with Crippen molar-refractivity contribution in [3.05, 3.63) is 35.1 Å². The van der Waals surface area contributed by atoms with Gasteiger partial charge in [0.1, 0.15) is 5.82 Å². The quantitative estimate of drug-likeness (QED) is 0.790. The number of hydrogen-bond acceptors (Lipinski definition) is 3. The number of nitrogens with zero attached hydrogens (tertiary/aromatic N) is 1. The van der Waals surface area contributed by atoms with Gasteiger partial charge in [0.25, 0.3) is 0 Å². The van der Waals surface area contributed by atoms with E-state index in [1.54, 1.807) is 0 Å². The first kappa shape index (κ1) is 17.2. The first-order valence-electron chi connectivity index (χ1n) is 7.33. The molecule has 0 aromatic heterocycles. The molecule has 2 N–H and O–H groups in total. The van der Waals surface area contributed by atoms with E-state index in [0.29, 0.717) is 12.6 Å². The van der Waals surface area contributed by atoms with Gasteiger partial charge in [0.2, 0.25) is 0 Å². The van der Waals surface area contributed by atoms with E-state index in [4.69, 9.17) is 0 Å². The second-order valence-corrected chi connectivity index (χ2v) is 5.59. The third-order valence-electron chi connectivity index (χ3n) is 3.74. The summed E-state index contributed by atoms with van der Waals surface area (Å²) in [5, 5.41) is 12.7. The van der Waals surface area contributed by atoms with E-state index in [2.05, 4.69) is 10.2 Å². The minimum Gasteiger partial charge on any atom is -0.390 e. The van der Waals surface area contributed by atoms with Crippen LogP contribution in [0.3, 0.4) is 0 Å². The Morgan fingerprint density at radius 2 is 1.91 bits per heavy atom. The van der Waals surface area contributed by atoms with Crippen LogP contribution in [0.1, 0.15) is 24.0 Å². The SMILES string of the molecule is OC(CNCc1ccc(F)cc1C(F)(F)F)CN1CCCC1. The zero-order valence-corrected chi connectivity index (χ0v) is 12.2. The molecule has 0 bridgehead atoms. The minimum atomic E-state index is -4.59. The molecule has 0 saturated carbocycles. The maximum Gasteiger partial charge on any atom is 0.416 e. The molecule has 0 radical (unpaired) electrons. The summed E-state index contributed by atoms with van der Waals surface area (Å²) in [5.74, 6) is -0.912. The fraction of sp³-hybridized carbons (Fsp3) is 0.600. The number of halogens is 4. The highest BCUT2D eigenvalue weighted by atomic mass is 19.4. The minimum absolute atomic E-state index is 0.0257. The molecule has 0 spiro atoms. The Morgan fingerprint density at radius 3 is 2.55 bits per heavy atom. The summed E-state index contributed by atoms with van der Waals surface area (Å²) in [4.78, 5) is 2.13. The van der Waals surface area contributed by atoms with Crippen LogP contribution in [0.4, 0.5) is 17.6 Å². The zero-order chi connectivity index (χ0) is 16.2. The van der Waals surface area contributed by atoms with Crippen molar-refractivity contribution in [3.8, 4) is 0 Å². The maximum absolute atomic E-state index is 13.0. The van der Waals surface area contributed by atoms with Gasteiger partial charge in [0.15, 0.2) is 0 Å². The molecule has 2 rings (SSSR count). The molecule has 1 aliphatic rings. The number of β-amino-alcohol motifs (C(OH)–C–C–N with tert-alkyl or cyclic N) is 1. The van der Waals surface area contributed by atoms with Gasteiger partial charge in [-0.15, -0.1) is 0 Å². The zero-order valence-electron chi connectivity index (χ0n) is 12.2. The van der Waals surface area contributed by atoms with E-state index in [9.17, 15) is 22.7 Å². The van der Waals surface area contributed by atoms with Gasteiger partial charge >= 0.3 is 6.18 Å². The molecule has 1 aliphatic heterocycles. The molecule has 0 aliphatic carbocycles. The summed E-state index contributed by atoms with van der Waals surface area (Å²) in [7, 11) is 0. The Balaban J connectivity index is 1.86. The van der Waals surface area contributed by atoms with E-state index in [1.807, 2.05) is 0 Å². The normalized spacial score (nSPS) is 17.9. The van der Waals surface area contributed by atoms with Crippen LogP contribution in [-0.4, -0.2) is 42.3 Å². The van der Waals surface area contributed by atoms with Crippen LogP contribution in [0, 0.1) is 5.82 Å². The van der Waals surface area contributed by atoms with Crippen molar-refractivity contribution in [1.29, 1.82) is 0 Å². The van der Waals surface area contributed by atoms with E-state index in [-0.39, 0.29) is 18.7 Å². The molecule has 0 amide bonds. The van der Waals surface area contributed by atoms with Crippen molar-refractivity contribution >= 4 is 0 Å². The van der Waals surface area contributed by atoms with Gasteiger partial charge in [0, 0.05) is 19.6 Å². The first-order valence-corrected chi connectivity index (χ1v) is 7.33. The molecule has 1 aromatic rings. The van der Waals surface area contributed by atoms with Crippen LogP contribution in [0.5, 0.6) is 0 Å². The molecular formula is C15H20F4N2O. The number of benzene rings is 1. The fourth-order valence-electron chi connectivity index (χ4n) is 2.67. The molecule has 1 unspecified atom stereocenters. The average Bonchev–Trinajstić information content (AvgIpc) is 2.92. The third-order valence-corrected chi connectivity index (χ3v) is 3.74. The Kier molecular flexibility index (Phi) is 5.77. The first-order chi connectivity index (χ1) is 10.4. The van der Waals surface area contributed by atoms with Gasteiger partial charge in [-0.2, -0.15) is 13.2 Å². The predicted octanol–water partition coefficient (Wildman–Crippen LogP) is 2.39. The second kappa shape index (κ2) is 7.39. The molecule has 1 aromatic carbocycles. The Hall–Kier alpha value is -1.18. The average molecular weight is 320 g/mol. The predicted molar refractivity (Wildman–Crippen MR) is 74.8 cm³/mol. The number of aliphatic hydroxyl groups excluding tert-OH is 1. The summed E-state index contributed by atoms with van der Waals surface area (Å²) < 4.78 is 51.5. The molecule has 22 heavy (non-hydrogen) atoms. The molecule has 3 nitrogen and oxygen atoms in total. The topological polar surface area (TPSA) is 35.5 Å². The van der Waals surface area contributed by atoms with Crippen LogP contribution < -0.4 is 5.32 Å². The molecular weight excluding hydrogens is 300 g/mol. The highest BCUT2D eigenvalue weighted by Crippen LogP contribution is 2.32. The van der Waals surface area contributed by atoms with Crippen molar-refractivity contribution in [3.63, 3.8) is 0 Å². The number of nitrogens with one attached hydrogen (secondary N) is 1. The van der Waals surface area contributed by atoms with Crippen molar-refractivity contribution < 1.29 is 22.7 Å². The number of hydrogen-bond donors (Lipinski definition) is 2. The van der Waals surface area contributed by atoms with Gasteiger partial charge in [-0.05, 0) is 43.6 Å². The number of likely N-dealkylation sites (tertiary alicyclic amines) is 1. The van der Waals surface area contributed by atoms with Crippen LogP contribution in [0.2, 0.25) is 0 Å². The summed E-state index contributed by atoms with van der Waals surface area (Å²) in [6, 6.07) is 2.63. The molecule has 7 heteroatoms. The van der Waals surface area contributed by atoms with Gasteiger partial charge in [0.05, 0.1) is 11.7 Å². The monoisotopic (exact) mass is 320 g/mol. The van der Waals surface area contributed by atoms with Crippen LogP contribution in [0.15, 0.2) is 18.2 Å². The van der Waals surface area contributed by atoms with Crippen molar-refractivity contribution in [2.45, 2.75) is 31.7 Å². The summed E-state index contributed by atoms with van der Waals surface area (Å²) in [6.45, 7) is 2.56. The lowest BCUT2D eigenvalue weighted by atomic mass is 10.1. The number of rotatable bonds is 6. The van der Waals surface area contributed by atoms with Gasteiger partial charge in [-0.25, -0.2) is 4.39 Å². The van der Waals surface area contributed by atoms with Crippen LogP contribution in [-0.2, 0) is 12.7 Å². The maximum atomic E-state index is 13.0.